The maximum absolute atomic E-state index is 11.8. The second kappa shape index (κ2) is 6.05. The van der Waals surface area contributed by atoms with Gasteiger partial charge in [0.15, 0.2) is 0 Å². The van der Waals surface area contributed by atoms with Crippen molar-refractivity contribution in [2.24, 2.45) is 0 Å². The second-order valence-corrected chi connectivity index (χ2v) is 7.43. The van der Waals surface area contributed by atoms with Gasteiger partial charge in [-0.05, 0) is 19.8 Å². The number of carbonyl (C=O) groups excluding carboxylic acids is 1. The number of hydrogen-bond acceptors (Lipinski definition) is 5. The first-order valence-corrected chi connectivity index (χ1v) is 9.05. The van der Waals surface area contributed by atoms with E-state index in [1.807, 2.05) is 28.9 Å². The molecular weight excluding hydrogens is 310 g/mol. The van der Waals surface area contributed by atoms with Gasteiger partial charge in [-0.3, -0.25) is 14.4 Å². The van der Waals surface area contributed by atoms with Crippen molar-refractivity contribution in [1.82, 2.24) is 19.7 Å². The smallest absolute Gasteiger partial charge is 0.227 e. The Morgan fingerprint density at radius 3 is 3.04 bits per heavy atom. The number of rotatable bonds is 4. The van der Waals surface area contributed by atoms with Crippen molar-refractivity contribution >= 4 is 22.9 Å². The number of likely N-dealkylation sites (tertiary alicyclic amines) is 1. The number of thiazole rings is 1. The van der Waals surface area contributed by atoms with Crippen LogP contribution in [0.25, 0.3) is 0 Å². The van der Waals surface area contributed by atoms with E-state index in [0.717, 1.165) is 55.4 Å². The van der Waals surface area contributed by atoms with Gasteiger partial charge in [-0.25, -0.2) is 4.98 Å². The van der Waals surface area contributed by atoms with Crippen LogP contribution in [0, 0.1) is 6.92 Å². The lowest BCUT2D eigenvalue weighted by atomic mass is 10.3. The minimum atomic E-state index is 0.219. The molecule has 7 heteroatoms. The van der Waals surface area contributed by atoms with Gasteiger partial charge in [0, 0.05) is 44.2 Å². The Hall–Kier alpha value is -1.73. The van der Waals surface area contributed by atoms with Gasteiger partial charge in [0.2, 0.25) is 5.91 Å². The molecule has 0 aromatic carbocycles. The van der Waals surface area contributed by atoms with Crippen molar-refractivity contribution in [2.45, 2.75) is 38.8 Å². The molecule has 2 fully saturated rings. The van der Waals surface area contributed by atoms with Crippen LogP contribution >= 0.6 is 11.3 Å². The van der Waals surface area contributed by atoms with Gasteiger partial charge in [-0.2, -0.15) is 5.10 Å². The summed E-state index contributed by atoms with van der Waals surface area (Å²) in [5.74, 6) is 0.219. The summed E-state index contributed by atoms with van der Waals surface area (Å²) in [6.45, 7) is 5.85. The lowest BCUT2D eigenvalue weighted by Gasteiger charge is -2.15. The Balaban J connectivity index is 1.40. The topological polar surface area (TPSA) is 54.3 Å². The number of hydrogen-bond donors (Lipinski definition) is 0. The maximum Gasteiger partial charge on any atom is 0.227 e. The molecule has 4 heterocycles. The van der Waals surface area contributed by atoms with E-state index in [-0.39, 0.29) is 5.91 Å². The van der Waals surface area contributed by atoms with Gasteiger partial charge in [-0.15, -0.1) is 11.3 Å². The molecule has 2 saturated heterocycles. The molecule has 1 unspecified atom stereocenters. The third-order valence-electron chi connectivity index (χ3n) is 4.65. The van der Waals surface area contributed by atoms with Crippen LogP contribution in [-0.2, 0) is 11.3 Å². The summed E-state index contributed by atoms with van der Waals surface area (Å²) in [6.07, 6.45) is 6.57. The molecule has 2 aromatic rings. The summed E-state index contributed by atoms with van der Waals surface area (Å²) in [4.78, 5) is 20.7. The molecule has 4 rings (SSSR count). The third kappa shape index (κ3) is 3.03. The number of nitrogens with zero attached hydrogens (tertiary/aromatic N) is 5. The molecule has 0 spiro atoms. The molecule has 0 bridgehead atoms. The highest BCUT2D eigenvalue weighted by atomic mass is 32.1. The van der Waals surface area contributed by atoms with Crippen LogP contribution < -0.4 is 4.90 Å². The molecule has 23 heavy (non-hydrogen) atoms. The van der Waals surface area contributed by atoms with Gasteiger partial charge < -0.3 is 4.90 Å². The van der Waals surface area contributed by atoms with Gasteiger partial charge in [0.05, 0.1) is 28.6 Å². The molecule has 122 valence electrons. The van der Waals surface area contributed by atoms with Crippen LogP contribution in [0.2, 0.25) is 0 Å². The highest BCUT2D eigenvalue weighted by Gasteiger charge is 2.27. The summed E-state index contributed by atoms with van der Waals surface area (Å²) in [7, 11) is 0. The van der Waals surface area contributed by atoms with E-state index in [1.54, 1.807) is 11.3 Å². The Kier molecular flexibility index (Phi) is 3.90. The highest BCUT2D eigenvalue weighted by Crippen LogP contribution is 2.26. The summed E-state index contributed by atoms with van der Waals surface area (Å²) >= 11 is 1.71. The minimum Gasteiger partial charge on any atom is -0.309 e. The zero-order valence-electron chi connectivity index (χ0n) is 13.3. The van der Waals surface area contributed by atoms with Gasteiger partial charge in [-0.1, -0.05) is 0 Å². The average molecular weight is 331 g/mol. The first-order valence-electron chi connectivity index (χ1n) is 8.17. The van der Waals surface area contributed by atoms with E-state index in [1.165, 1.54) is 0 Å². The van der Waals surface area contributed by atoms with Crippen molar-refractivity contribution < 1.29 is 4.79 Å². The Bertz CT molecular complexity index is 709. The van der Waals surface area contributed by atoms with Crippen molar-refractivity contribution in [3.05, 3.63) is 28.5 Å². The molecule has 2 aliphatic heterocycles. The first-order chi connectivity index (χ1) is 11.2. The molecule has 0 N–H and O–H groups in total. The molecule has 0 radical (unpaired) electrons. The fourth-order valence-electron chi connectivity index (χ4n) is 3.47. The highest BCUT2D eigenvalue weighted by molar-refractivity contribution is 7.09. The van der Waals surface area contributed by atoms with E-state index >= 15 is 0 Å². The molecular formula is C16H21N5OS. The fourth-order valence-corrected chi connectivity index (χ4v) is 4.07. The molecule has 0 saturated carbocycles. The standard InChI is InChI=1S/C16H21N5OS/c1-12-18-13(11-23-12)8-19-6-4-14(9-19)21-10-15(7-17-21)20-5-2-3-16(20)22/h7,10-11,14H,2-6,8-9H2,1H3. The van der Waals surface area contributed by atoms with Crippen LogP contribution in [0.4, 0.5) is 5.69 Å². The van der Waals surface area contributed by atoms with Crippen molar-refractivity contribution in [1.29, 1.82) is 0 Å². The SMILES string of the molecule is Cc1nc(CN2CCC(n3cc(N4CCCC4=O)cn3)C2)cs1. The first kappa shape index (κ1) is 14.8. The molecule has 0 aliphatic carbocycles. The van der Waals surface area contributed by atoms with Gasteiger partial charge in [0.1, 0.15) is 0 Å². The van der Waals surface area contributed by atoms with E-state index < -0.39 is 0 Å². The van der Waals surface area contributed by atoms with Crippen molar-refractivity contribution in [3.63, 3.8) is 0 Å². The summed E-state index contributed by atoms with van der Waals surface area (Å²) < 4.78 is 2.03. The summed E-state index contributed by atoms with van der Waals surface area (Å²) in [5, 5.41) is 7.78. The average Bonchev–Trinajstić information content (AvgIpc) is 3.27. The van der Waals surface area contributed by atoms with Crippen LogP contribution in [0.5, 0.6) is 0 Å². The van der Waals surface area contributed by atoms with Gasteiger partial charge in [0.25, 0.3) is 0 Å². The molecule has 1 amide bonds. The summed E-state index contributed by atoms with van der Waals surface area (Å²) in [5.41, 5.74) is 2.11. The van der Waals surface area contributed by atoms with Gasteiger partial charge >= 0.3 is 0 Å². The summed E-state index contributed by atoms with van der Waals surface area (Å²) in [6, 6.07) is 0.390. The van der Waals surface area contributed by atoms with Crippen LogP contribution in [0.1, 0.15) is 36.0 Å². The van der Waals surface area contributed by atoms with E-state index in [0.29, 0.717) is 12.5 Å². The molecule has 6 nitrogen and oxygen atoms in total. The van der Waals surface area contributed by atoms with E-state index in [4.69, 9.17) is 0 Å². The Labute approximate surface area is 139 Å². The normalized spacial score (nSPS) is 22.4. The third-order valence-corrected chi connectivity index (χ3v) is 5.47. The minimum absolute atomic E-state index is 0.219. The number of aromatic nitrogens is 3. The van der Waals surface area contributed by atoms with E-state index in [9.17, 15) is 4.79 Å². The number of aryl methyl sites for hydroxylation is 1. The maximum atomic E-state index is 11.8. The Morgan fingerprint density at radius 2 is 2.30 bits per heavy atom. The van der Waals surface area contributed by atoms with Crippen LogP contribution in [-0.4, -0.2) is 45.2 Å². The van der Waals surface area contributed by atoms with E-state index in [2.05, 4.69) is 20.4 Å². The number of anilines is 1. The quantitative estimate of drug-likeness (QED) is 0.862. The van der Waals surface area contributed by atoms with Crippen LogP contribution in [0.3, 0.4) is 0 Å². The molecule has 2 aromatic heterocycles. The fraction of sp³-hybridized carbons (Fsp3) is 0.562. The predicted molar refractivity (Wildman–Crippen MR) is 89.6 cm³/mol. The Morgan fingerprint density at radius 1 is 1.39 bits per heavy atom. The number of carbonyl (C=O) groups is 1. The predicted octanol–water partition coefficient (Wildman–Crippen LogP) is 2.22. The molecule has 1 atom stereocenters. The van der Waals surface area contributed by atoms with Crippen molar-refractivity contribution in [2.75, 3.05) is 24.5 Å². The lowest BCUT2D eigenvalue weighted by molar-refractivity contribution is -0.117. The monoisotopic (exact) mass is 331 g/mol. The zero-order valence-corrected chi connectivity index (χ0v) is 14.1. The largest absolute Gasteiger partial charge is 0.309 e. The zero-order chi connectivity index (χ0) is 15.8. The second-order valence-electron chi connectivity index (χ2n) is 6.36. The lowest BCUT2D eigenvalue weighted by Crippen LogP contribution is -2.23. The van der Waals surface area contributed by atoms with Crippen LogP contribution in [0.15, 0.2) is 17.8 Å². The van der Waals surface area contributed by atoms with Crippen molar-refractivity contribution in [3.8, 4) is 0 Å². The molecule has 2 aliphatic rings. The number of amides is 1.